The van der Waals surface area contributed by atoms with Gasteiger partial charge in [-0.2, -0.15) is 5.10 Å². The molecule has 0 unspecified atom stereocenters. The van der Waals surface area contributed by atoms with Crippen LogP contribution < -0.4 is 24.2 Å². The van der Waals surface area contributed by atoms with E-state index < -0.39 is 11.9 Å². The Hall–Kier alpha value is -1.25. The Balaban J connectivity index is 0. The largest absolute Gasteiger partial charge is 1.00 e. The molecule has 1 aromatic heterocycles. The molecule has 0 saturated carbocycles. The summed E-state index contributed by atoms with van der Waals surface area (Å²) in [5.74, 6) is -1.52. The monoisotopic (exact) mass is 191 g/mol. The summed E-state index contributed by atoms with van der Waals surface area (Å²) in [6.45, 7) is -0.385. The van der Waals surface area contributed by atoms with E-state index in [4.69, 9.17) is 5.11 Å². The van der Waals surface area contributed by atoms with Gasteiger partial charge in [-0.05, 0) is 6.07 Å². The maximum atomic E-state index is 11.2. The third-order valence-corrected chi connectivity index (χ3v) is 1.45. The number of carboxylic acid groups (broad SMARTS) is 1. The number of aryl methyl sites for hydroxylation is 1. The molecule has 0 saturated heterocycles. The van der Waals surface area contributed by atoms with Crippen molar-refractivity contribution in [3.05, 3.63) is 18.0 Å². The molecule has 14 heavy (non-hydrogen) atoms. The summed E-state index contributed by atoms with van der Waals surface area (Å²) in [4.78, 5) is 21.3. The van der Waals surface area contributed by atoms with Crippen molar-refractivity contribution in [1.29, 1.82) is 0 Å². The predicted molar refractivity (Wildman–Crippen MR) is 44.3 cm³/mol. The van der Waals surface area contributed by atoms with Crippen LogP contribution in [0.15, 0.2) is 12.3 Å². The van der Waals surface area contributed by atoms with Crippen molar-refractivity contribution < 1.29 is 35.0 Å². The van der Waals surface area contributed by atoms with E-state index in [0.717, 1.165) is 0 Å². The molecule has 1 aromatic rings. The van der Waals surface area contributed by atoms with Crippen molar-refractivity contribution in [3.63, 3.8) is 0 Å². The van der Waals surface area contributed by atoms with E-state index in [1.165, 1.54) is 16.9 Å². The van der Waals surface area contributed by atoms with Crippen LogP contribution in [0.4, 0.5) is 0 Å². The van der Waals surface area contributed by atoms with Gasteiger partial charge in [0.2, 0.25) is 0 Å². The molecular weight excluding hydrogens is 181 g/mol. The number of amides is 1. The third kappa shape index (κ3) is 3.24. The molecular formula is C7H10LiN3O3. The fourth-order valence-corrected chi connectivity index (χ4v) is 0.843. The molecule has 6 nitrogen and oxygen atoms in total. The minimum Gasteiger partial charge on any atom is -1.00 e. The van der Waals surface area contributed by atoms with Crippen LogP contribution in [0.3, 0.4) is 0 Å². The molecule has 1 rings (SSSR count). The summed E-state index contributed by atoms with van der Waals surface area (Å²) in [5, 5.41) is 14.3. The van der Waals surface area contributed by atoms with Crippen LogP contribution in [0.2, 0.25) is 0 Å². The van der Waals surface area contributed by atoms with E-state index in [1.54, 1.807) is 7.05 Å². The Morgan fingerprint density at radius 1 is 1.71 bits per heavy atom. The van der Waals surface area contributed by atoms with Crippen LogP contribution >= 0.6 is 0 Å². The number of carbonyl (C=O) groups excluding carboxylic acids is 1. The molecule has 0 aliphatic carbocycles. The average molecular weight is 191 g/mol. The van der Waals surface area contributed by atoms with E-state index in [-0.39, 0.29) is 26.8 Å². The summed E-state index contributed by atoms with van der Waals surface area (Å²) < 4.78 is 1.37. The minimum absolute atomic E-state index is 0. The average Bonchev–Trinajstić information content (AvgIpc) is 2.47. The van der Waals surface area contributed by atoms with Gasteiger partial charge >= 0.3 is 24.8 Å². The molecule has 0 spiro atoms. The topological polar surface area (TPSA) is 84.2 Å². The number of aromatic nitrogens is 2. The van der Waals surface area contributed by atoms with Crippen molar-refractivity contribution in [2.45, 2.75) is 0 Å². The zero-order valence-corrected chi connectivity index (χ0v) is 8.02. The first-order chi connectivity index (χ1) is 6.11. The van der Waals surface area contributed by atoms with Crippen LogP contribution in [0.1, 0.15) is 11.9 Å². The van der Waals surface area contributed by atoms with E-state index in [0.29, 0.717) is 5.69 Å². The number of carboxylic acids is 1. The van der Waals surface area contributed by atoms with Crippen LogP contribution in [-0.2, 0) is 11.8 Å². The van der Waals surface area contributed by atoms with Gasteiger partial charge in [0.25, 0.3) is 5.91 Å². The Kier molecular flexibility index (Phi) is 4.98. The predicted octanol–water partition coefficient (Wildman–Crippen LogP) is -3.65. The second-order valence-electron chi connectivity index (χ2n) is 2.42. The second kappa shape index (κ2) is 5.47. The van der Waals surface area contributed by atoms with Gasteiger partial charge in [-0.3, -0.25) is 14.3 Å². The summed E-state index contributed by atoms with van der Waals surface area (Å²) in [6, 6.07) is 1.51. The van der Waals surface area contributed by atoms with Crippen molar-refractivity contribution in [1.82, 2.24) is 15.1 Å². The van der Waals surface area contributed by atoms with Gasteiger partial charge in [-0.15, -0.1) is 0 Å². The van der Waals surface area contributed by atoms with Crippen molar-refractivity contribution in [2.24, 2.45) is 7.05 Å². The number of hydrogen-bond acceptors (Lipinski definition) is 3. The zero-order chi connectivity index (χ0) is 9.84. The molecule has 0 fully saturated rings. The van der Waals surface area contributed by atoms with Crippen LogP contribution in [0.25, 0.3) is 0 Å². The van der Waals surface area contributed by atoms with Crippen LogP contribution in [0.5, 0.6) is 0 Å². The number of aliphatic carboxylic acids is 1. The first kappa shape index (κ1) is 12.7. The maximum absolute atomic E-state index is 11.2. The normalized spacial score (nSPS) is 8.93. The number of carbonyl (C=O) groups is 2. The molecule has 0 aliphatic heterocycles. The smallest absolute Gasteiger partial charge is 1.00 e. The number of nitrogens with zero attached hydrogens (tertiary/aromatic N) is 2. The van der Waals surface area contributed by atoms with Gasteiger partial charge in [-0.25, -0.2) is 0 Å². The molecule has 0 aromatic carbocycles. The van der Waals surface area contributed by atoms with Gasteiger partial charge in [0.15, 0.2) is 0 Å². The fraction of sp³-hybridized carbons (Fsp3) is 0.286. The molecule has 1 amide bonds. The number of nitrogens with one attached hydrogen (secondary N) is 1. The molecule has 0 atom stereocenters. The van der Waals surface area contributed by atoms with Crippen LogP contribution in [0, 0.1) is 0 Å². The van der Waals surface area contributed by atoms with Gasteiger partial charge in [0.05, 0.1) is 0 Å². The Labute approximate surface area is 93.9 Å². The Bertz CT molecular complexity index is 342. The van der Waals surface area contributed by atoms with Crippen molar-refractivity contribution >= 4 is 11.9 Å². The molecule has 7 heteroatoms. The van der Waals surface area contributed by atoms with E-state index in [1.807, 2.05) is 0 Å². The van der Waals surface area contributed by atoms with Crippen LogP contribution in [-0.4, -0.2) is 33.3 Å². The minimum atomic E-state index is -1.07. The quantitative estimate of drug-likeness (QED) is 0.482. The zero-order valence-electron chi connectivity index (χ0n) is 9.02. The Morgan fingerprint density at radius 3 is 2.79 bits per heavy atom. The van der Waals surface area contributed by atoms with E-state index in [9.17, 15) is 9.59 Å². The first-order valence-corrected chi connectivity index (χ1v) is 3.59. The summed E-state index contributed by atoms with van der Waals surface area (Å²) in [7, 11) is 1.61. The molecule has 2 N–H and O–H groups in total. The standard InChI is InChI=1S/C7H9N3O3.Li.H/c1-10-5(2-3-9-10)7(13)8-4-6(11)12;;/h2-3H,4H2,1H3,(H,8,13)(H,11,12);;/q;+1;-1. The Morgan fingerprint density at radius 2 is 2.36 bits per heavy atom. The van der Waals surface area contributed by atoms with Gasteiger partial charge in [0.1, 0.15) is 12.2 Å². The fourth-order valence-electron chi connectivity index (χ4n) is 0.843. The molecule has 1 heterocycles. The van der Waals surface area contributed by atoms with Crippen molar-refractivity contribution in [3.8, 4) is 0 Å². The number of hydrogen-bond donors (Lipinski definition) is 2. The summed E-state index contributed by atoms with van der Waals surface area (Å²) in [5.41, 5.74) is 0.334. The van der Waals surface area contributed by atoms with Gasteiger partial charge in [-0.1, -0.05) is 0 Å². The molecule has 0 aliphatic rings. The maximum Gasteiger partial charge on any atom is 1.00 e. The van der Waals surface area contributed by atoms with E-state index >= 15 is 0 Å². The molecule has 72 valence electrons. The molecule has 0 bridgehead atoms. The van der Waals surface area contributed by atoms with E-state index in [2.05, 4.69) is 10.4 Å². The second-order valence-corrected chi connectivity index (χ2v) is 2.42. The van der Waals surface area contributed by atoms with Gasteiger partial charge in [0, 0.05) is 13.2 Å². The summed E-state index contributed by atoms with van der Waals surface area (Å²) >= 11 is 0. The molecule has 0 radical (unpaired) electrons. The summed E-state index contributed by atoms with van der Waals surface area (Å²) in [6.07, 6.45) is 1.47. The SMILES string of the molecule is Cn1nccc1C(=O)NCC(=O)O.[H-].[Li+]. The van der Waals surface area contributed by atoms with Crippen molar-refractivity contribution in [2.75, 3.05) is 6.54 Å². The third-order valence-electron chi connectivity index (χ3n) is 1.45. The van der Waals surface area contributed by atoms with Gasteiger partial charge < -0.3 is 11.8 Å². The number of rotatable bonds is 3. The first-order valence-electron chi connectivity index (χ1n) is 3.59.